The molecule has 1 atom stereocenters. The van der Waals surface area contributed by atoms with E-state index in [-0.39, 0.29) is 5.91 Å². The summed E-state index contributed by atoms with van der Waals surface area (Å²) in [5, 5.41) is 9.38. The molecule has 6 nitrogen and oxygen atoms in total. The van der Waals surface area contributed by atoms with E-state index in [2.05, 4.69) is 4.98 Å². The third-order valence-corrected chi connectivity index (χ3v) is 3.95. The number of anilines is 1. The number of carboxylic acid groups (broad SMARTS) is 1. The summed E-state index contributed by atoms with van der Waals surface area (Å²) in [4.78, 5) is 31.0. The Balaban J connectivity index is 2.24. The summed E-state index contributed by atoms with van der Waals surface area (Å²) in [6, 6.07) is 3.55. The second kappa shape index (κ2) is 5.71. The molecule has 0 spiro atoms. The first-order valence-corrected chi connectivity index (χ1v) is 6.99. The minimum absolute atomic E-state index is 0.158. The minimum Gasteiger partial charge on any atom is -0.481 e. The minimum atomic E-state index is -0.772. The molecular formula is C15H21N3O3. The van der Waals surface area contributed by atoms with Crippen LogP contribution in [0, 0.1) is 5.41 Å². The Morgan fingerprint density at radius 1 is 1.43 bits per heavy atom. The highest BCUT2D eigenvalue weighted by atomic mass is 16.4. The quantitative estimate of drug-likeness (QED) is 0.913. The van der Waals surface area contributed by atoms with E-state index in [0.29, 0.717) is 18.7 Å². The van der Waals surface area contributed by atoms with Crippen molar-refractivity contribution in [3.63, 3.8) is 0 Å². The Morgan fingerprint density at radius 3 is 2.76 bits per heavy atom. The molecule has 1 aliphatic rings. The van der Waals surface area contributed by atoms with Gasteiger partial charge >= 0.3 is 5.97 Å². The van der Waals surface area contributed by atoms with E-state index in [1.807, 2.05) is 11.0 Å². The van der Waals surface area contributed by atoms with Gasteiger partial charge in [-0.05, 0) is 31.9 Å². The van der Waals surface area contributed by atoms with Crippen LogP contribution in [0.25, 0.3) is 0 Å². The first-order chi connectivity index (χ1) is 9.83. The van der Waals surface area contributed by atoms with Gasteiger partial charge in [-0.2, -0.15) is 0 Å². The van der Waals surface area contributed by atoms with E-state index < -0.39 is 11.4 Å². The number of nitrogens with zero attached hydrogens (tertiary/aromatic N) is 3. The number of carboxylic acids is 1. The van der Waals surface area contributed by atoms with Crippen LogP contribution in [0.4, 0.5) is 5.69 Å². The number of piperidine rings is 1. The molecule has 0 saturated carbocycles. The fourth-order valence-corrected chi connectivity index (χ4v) is 2.60. The van der Waals surface area contributed by atoms with Crippen LogP contribution in [-0.2, 0) is 4.79 Å². The average molecular weight is 291 g/mol. The van der Waals surface area contributed by atoms with Gasteiger partial charge < -0.3 is 14.9 Å². The van der Waals surface area contributed by atoms with Crippen molar-refractivity contribution in [2.24, 2.45) is 5.41 Å². The Labute approximate surface area is 124 Å². The highest BCUT2D eigenvalue weighted by molar-refractivity contribution is 5.92. The molecule has 0 radical (unpaired) electrons. The van der Waals surface area contributed by atoms with E-state index in [9.17, 15) is 14.7 Å². The second-order valence-electron chi connectivity index (χ2n) is 5.99. The van der Waals surface area contributed by atoms with E-state index >= 15 is 0 Å². The summed E-state index contributed by atoms with van der Waals surface area (Å²) in [5.41, 5.74) is 0.482. The number of carbonyl (C=O) groups is 2. The molecule has 1 saturated heterocycles. The molecule has 1 amide bonds. The summed E-state index contributed by atoms with van der Waals surface area (Å²) >= 11 is 0. The average Bonchev–Trinajstić information content (AvgIpc) is 2.46. The standard InChI is InChI=1S/C15H21N3O3/c1-15(14(20)21)6-4-8-18(10-15)11-5-7-16-12(9-11)13(19)17(2)3/h5,7,9H,4,6,8,10H2,1-3H3,(H,20,21). The Morgan fingerprint density at radius 2 is 2.14 bits per heavy atom. The maximum atomic E-state index is 12.0. The van der Waals surface area contributed by atoms with Crippen LogP contribution < -0.4 is 4.90 Å². The maximum absolute atomic E-state index is 12.0. The number of pyridine rings is 1. The van der Waals surface area contributed by atoms with E-state index in [0.717, 1.165) is 18.7 Å². The number of aromatic nitrogens is 1. The monoisotopic (exact) mass is 291 g/mol. The molecule has 21 heavy (non-hydrogen) atoms. The molecule has 1 unspecified atom stereocenters. The van der Waals surface area contributed by atoms with Crippen molar-refractivity contribution in [1.29, 1.82) is 0 Å². The van der Waals surface area contributed by atoms with Gasteiger partial charge in [0.2, 0.25) is 0 Å². The molecule has 114 valence electrons. The molecule has 0 aliphatic carbocycles. The van der Waals surface area contributed by atoms with Crippen LogP contribution in [0.5, 0.6) is 0 Å². The van der Waals surface area contributed by atoms with Crippen LogP contribution in [0.15, 0.2) is 18.3 Å². The molecule has 0 aromatic carbocycles. The molecule has 6 heteroatoms. The van der Waals surface area contributed by atoms with Gasteiger partial charge in [0.15, 0.2) is 0 Å². The zero-order valence-electron chi connectivity index (χ0n) is 12.7. The smallest absolute Gasteiger partial charge is 0.311 e. The third kappa shape index (κ3) is 3.15. The third-order valence-electron chi connectivity index (χ3n) is 3.95. The predicted octanol–water partition coefficient (Wildman–Crippen LogP) is 1.47. The summed E-state index contributed by atoms with van der Waals surface area (Å²) in [6.07, 6.45) is 3.09. The van der Waals surface area contributed by atoms with Gasteiger partial charge in [-0.1, -0.05) is 0 Å². The van der Waals surface area contributed by atoms with Crippen LogP contribution >= 0.6 is 0 Å². The SMILES string of the molecule is CN(C)C(=O)c1cc(N2CCCC(C)(C(=O)O)C2)ccn1. The summed E-state index contributed by atoms with van der Waals surface area (Å²) in [6.45, 7) is 3.01. The van der Waals surface area contributed by atoms with E-state index in [1.165, 1.54) is 4.90 Å². The Bertz CT molecular complexity index is 559. The number of carbonyl (C=O) groups excluding carboxylic acids is 1. The lowest BCUT2D eigenvalue weighted by Crippen LogP contribution is -2.46. The van der Waals surface area contributed by atoms with Crippen molar-refractivity contribution >= 4 is 17.6 Å². The van der Waals surface area contributed by atoms with Crippen molar-refractivity contribution in [3.8, 4) is 0 Å². The van der Waals surface area contributed by atoms with E-state index in [1.54, 1.807) is 33.3 Å². The van der Waals surface area contributed by atoms with Gasteiger partial charge in [-0.15, -0.1) is 0 Å². The maximum Gasteiger partial charge on any atom is 0.311 e. The van der Waals surface area contributed by atoms with Gasteiger partial charge in [-0.3, -0.25) is 14.6 Å². The lowest BCUT2D eigenvalue weighted by molar-refractivity contribution is -0.148. The zero-order chi connectivity index (χ0) is 15.6. The van der Waals surface area contributed by atoms with Gasteiger partial charge in [0.05, 0.1) is 5.41 Å². The topological polar surface area (TPSA) is 73.7 Å². The number of hydrogen-bond donors (Lipinski definition) is 1. The molecule has 0 bridgehead atoms. The number of hydrogen-bond acceptors (Lipinski definition) is 4. The Hall–Kier alpha value is -2.11. The molecule has 1 N–H and O–H groups in total. The molecule has 1 aromatic heterocycles. The summed E-state index contributed by atoms with van der Waals surface area (Å²) in [5.74, 6) is -0.930. The van der Waals surface area contributed by atoms with E-state index in [4.69, 9.17) is 0 Å². The van der Waals surface area contributed by atoms with Crippen molar-refractivity contribution in [2.45, 2.75) is 19.8 Å². The number of aliphatic carboxylic acids is 1. The zero-order valence-corrected chi connectivity index (χ0v) is 12.7. The van der Waals surface area contributed by atoms with Crippen LogP contribution in [0.1, 0.15) is 30.3 Å². The van der Waals surface area contributed by atoms with Gasteiger partial charge in [-0.25, -0.2) is 0 Å². The molecular weight excluding hydrogens is 270 g/mol. The first kappa shape index (κ1) is 15.3. The number of rotatable bonds is 3. The number of amides is 1. The van der Waals surface area contributed by atoms with Gasteiger partial charge in [0, 0.05) is 39.1 Å². The molecule has 1 aromatic rings. The van der Waals surface area contributed by atoms with Crippen molar-refractivity contribution in [1.82, 2.24) is 9.88 Å². The molecule has 2 rings (SSSR count). The van der Waals surface area contributed by atoms with Gasteiger partial charge in [0.1, 0.15) is 5.69 Å². The normalized spacial score (nSPS) is 22.0. The lowest BCUT2D eigenvalue weighted by atomic mass is 9.82. The van der Waals surface area contributed by atoms with Crippen LogP contribution in [0.2, 0.25) is 0 Å². The van der Waals surface area contributed by atoms with Crippen molar-refractivity contribution < 1.29 is 14.7 Å². The highest BCUT2D eigenvalue weighted by Gasteiger charge is 2.38. The first-order valence-electron chi connectivity index (χ1n) is 6.99. The summed E-state index contributed by atoms with van der Waals surface area (Å²) in [7, 11) is 3.36. The largest absolute Gasteiger partial charge is 0.481 e. The second-order valence-corrected chi connectivity index (χ2v) is 5.99. The summed E-state index contributed by atoms with van der Waals surface area (Å²) < 4.78 is 0. The Kier molecular flexibility index (Phi) is 4.16. The van der Waals surface area contributed by atoms with Gasteiger partial charge in [0.25, 0.3) is 5.91 Å². The molecule has 2 heterocycles. The fraction of sp³-hybridized carbons (Fsp3) is 0.533. The predicted molar refractivity (Wildman–Crippen MR) is 79.4 cm³/mol. The van der Waals surface area contributed by atoms with Crippen molar-refractivity contribution in [3.05, 3.63) is 24.0 Å². The fourth-order valence-electron chi connectivity index (χ4n) is 2.60. The highest BCUT2D eigenvalue weighted by Crippen LogP contribution is 2.32. The van der Waals surface area contributed by atoms with Crippen LogP contribution in [-0.4, -0.2) is 54.1 Å². The lowest BCUT2D eigenvalue weighted by Gasteiger charge is -2.38. The van der Waals surface area contributed by atoms with Crippen molar-refractivity contribution in [2.75, 3.05) is 32.1 Å². The van der Waals surface area contributed by atoms with Crippen LogP contribution in [0.3, 0.4) is 0 Å². The molecule has 1 fully saturated rings. The molecule has 1 aliphatic heterocycles.